The number of aromatic nitrogens is 2. The Labute approximate surface area is 116 Å². The summed E-state index contributed by atoms with van der Waals surface area (Å²) < 4.78 is 32.0. The molecule has 0 bridgehead atoms. The Balaban J connectivity index is 2.15. The zero-order valence-electron chi connectivity index (χ0n) is 10.0. The molecule has 8 heteroatoms. The summed E-state index contributed by atoms with van der Waals surface area (Å²) in [7, 11) is 0. The molecule has 0 spiro atoms. The quantitative estimate of drug-likeness (QED) is 0.881. The highest BCUT2D eigenvalue weighted by Gasteiger charge is 2.13. The van der Waals surface area contributed by atoms with E-state index in [4.69, 9.17) is 4.42 Å². The molecule has 0 atom stereocenters. The van der Waals surface area contributed by atoms with E-state index in [-0.39, 0.29) is 16.2 Å². The molecule has 102 valence electrons. The van der Waals surface area contributed by atoms with E-state index in [9.17, 15) is 8.78 Å². The van der Waals surface area contributed by atoms with E-state index in [2.05, 4.69) is 36.8 Å². The molecule has 0 radical (unpaired) electrons. The van der Waals surface area contributed by atoms with E-state index in [1.165, 1.54) is 0 Å². The van der Waals surface area contributed by atoms with E-state index in [0.29, 0.717) is 12.4 Å². The van der Waals surface area contributed by atoms with E-state index >= 15 is 0 Å². The van der Waals surface area contributed by atoms with Crippen LogP contribution in [0.1, 0.15) is 12.8 Å². The Morgan fingerprint density at radius 2 is 2.11 bits per heavy atom. The second-order valence-electron chi connectivity index (χ2n) is 3.65. The highest BCUT2D eigenvalue weighted by atomic mass is 79.9. The zero-order valence-corrected chi connectivity index (χ0v) is 11.6. The molecular weight excluding hydrogens is 322 g/mol. The average molecular weight is 333 g/mol. The standard InChI is InChI=1S/C11H11BrF2N4O/c1-2-15-5-9-17-18-11(19-9)16-10-7(12)3-6(13)4-8(10)14/h3-4,15H,2,5H2,1H3,(H,16,18). The predicted molar refractivity (Wildman–Crippen MR) is 69.0 cm³/mol. The molecule has 0 amide bonds. The fourth-order valence-electron chi connectivity index (χ4n) is 1.38. The van der Waals surface area contributed by atoms with Crippen LogP contribution < -0.4 is 10.6 Å². The number of nitrogens with zero attached hydrogens (tertiary/aromatic N) is 2. The first kappa shape index (κ1) is 13.9. The predicted octanol–water partition coefficient (Wildman–Crippen LogP) is 2.96. The Morgan fingerprint density at radius 3 is 2.79 bits per heavy atom. The van der Waals surface area contributed by atoms with Gasteiger partial charge in [0.2, 0.25) is 5.89 Å². The van der Waals surface area contributed by atoms with Crippen LogP contribution >= 0.6 is 15.9 Å². The van der Waals surface area contributed by atoms with Gasteiger partial charge in [0.1, 0.15) is 5.82 Å². The number of benzene rings is 1. The number of anilines is 2. The lowest BCUT2D eigenvalue weighted by atomic mass is 10.3. The molecule has 0 fully saturated rings. The summed E-state index contributed by atoms with van der Waals surface area (Å²) in [6.45, 7) is 3.14. The molecule has 0 saturated heterocycles. The van der Waals surface area contributed by atoms with Crippen molar-refractivity contribution >= 4 is 27.6 Å². The highest BCUT2D eigenvalue weighted by molar-refractivity contribution is 9.10. The van der Waals surface area contributed by atoms with Crippen LogP contribution in [0.5, 0.6) is 0 Å². The first-order valence-corrected chi connectivity index (χ1v) is 6.34. The Bertz CT molecular complexity index is 553. The number of nitrogens with one attached hydrogen (secondary N) is 2. The Hall–Kier alpha value is -1.54. The maximum atomic E-state index is 13.6. The van der Waals surface area contributed by atoms with Crippen molar-refractivity contribution in [3.05, 3.63) is 34.1 Å². The molecule has 2 aromatic rings. The van der Waals surface area contributed by atoms with Crippen molar-refractivity contribution in [2.24, 2.45) is 0 Å². The van der Waals surface area contributed by atoms with E-state index in [1.807, 2.05) is 6.92 Å². The number of halogens is 3. The summed E-state index contributed by atoms with van der Waals surface area (Å²) in [6.07, 6.45) is 0. The van der Waals surface area contributed by atoms with Crippen molar-refractivity contribution in [2.75, 3.05) is 11.9 Å². The van der Waals surface area contributed by atoms with Crippen LogP contribution in [0.4, 0.5) is 20.5 Å². The van der Waals surface area contributed by atoms with Gasteiger partial charge in [0.25, 0.3) is 0 Å². The van der Waals surface area contributed by atoms with Gasteiger partial charge in [-0.15, -0.1) is 5.10 Å². The summed E-state index contributed by atoms with van der Waals surface area (Å²) in [5.41, 5.74) is 0.0417. The van der Waals surface area contributed by atoms with Crippen molar-refractivity contribution in [1.82, 2.24) is 15.5 Å². The number of rotatable bonds is 5. The van der Waals surface area contributed by atoms with Gasteiger partial charge in [-0.2, -0.15) is 0 Å². The van der Waals surface area contributed by atoms with Crippen LogP contribution in [0.25, 0.3) is 0 Å². The molecule has 0 saturated carbocycles. The van der Waals surface area contributed by atoms with Gasteiger partial charge in [-0.05, 0) is 28.5 Å². The molecule has 2 rings (SSSR count). The van der Waals surface area contributed by atoms with Crippen LogP contribution in [-0.4, -0.2) is 16.7 Å². The molecule has 19 heavy (non-hydrogen) atoms. The number of hydrogen-bond donors (Lipinski definition) is 2. The molecular formula is C11H11BrF2N4O. The van der Waals surface area contributed by atoms with Crippen LogP contribution in [0.3, 0.4) is 0 Å². The molecule has 1 heterocycles. The van der Waals surface area contributed by atoms with Crippen molar-refractivity contribution in [2.45, 2.75) is 13.5 Å². The summed E-state index contributed by atoms with van der Waals surface area (Å²) >= 11 is 3.06. The first-order valence-electron chi connectivity index (χ1n) is 5.54. The second kappa shape index (κ2) is 6.07. The van der Waals surface area contributed by atoms with Crippen LogP contribution in [0.2, 0.25) is 0 Å². The molecule has 0 aliphatic heterocycles. The lowest BCUT2D eigenvalue weighted by Crippen LogP contribution is -2.11. The smallest absolute Gasteiger partial charge is 0.320 e. The van der Waals surface area contributed by atoms with E-state index in [1.54, 1.807) is 0 Å². The average Bonchev–Trinajstić information content (AvgIpc) is 2.79. The molecule has 0 aliphatic carbocycles. The third-order valence-electron chi connectivity index (χ3n) is 2.23. The Kier molecular flexibility index (Phi) is 4.43. The molecule has 1 aromatic carbocycles. The minimum atomic E-state index is -0.752. The largest absolute Gasteiger partial charge is 0.406 e. The van der Waals surface area contributed by atoms with Gasteiger partial charge in [0.15, 0.2) is 5.82 Å². The van der Waals surface area contributed by atoms with Crippen LogP contribution in [-0.2, 0) is 6.54 Å². The molecule has 0 aliphatic rings. The maximum absolute atomic E-state index is 13.6. The summed E-state index contributed by atoms with van der Waals surface area (Å²) in [5.74, 6) is -1.05. The highest BCUT2D eigenvalue weighted by Crippen LogP contribution is 2.29. The van der Waals surface area contributed by atoms with Crippen molar-refractivity contribution in [1.29, 1.82) is 0 Å². The second-order valence-corrected chi connectivity index (χ2v) is 4.51. The maximum Gasteiger partial charge on any atom is 0.320 e. The lowest BCUT2D eigenvalue weighted by Gasteiger charge is -2.05. The van der Waals surface area contributed by atoms with Crippen molar-refractivity contribution < 1.29 is 13.2 Å². The molecule has 5 nitrogen and oxygen atoms in total. The van der Waals surface area contributed by atoms with E-state index < -0.39 is 11.6 Å². The van der Waals surface area contributed by atoms with Gasteiger partial charge in [-0.3, -0.25) is 0 Å². The van der Waals surface area contributed by atoms with Gasteiger partial charge in [0.05, 0.1) is 12.2 Å². The van der Waals surface area contributed by atoms with Crippen LogP contribution in [0.15, 0.2) is 21.0 Å². The zero-order chi connectivity index (χ0) is 13.8. The normalized spacial score (nSPS) is 10.7. The van der Waals surface area contributed by atoms with Crippen molar-refractivity contribution in [3.63, 3.8) is 0 Å². The first-order chi connectivity index (χ1) is 9.10. The third-order valence-corrected chi connectivity index (χ3v) is 2.86. The van der Waals surface area contributed by atoms with E-state index in [0.717, 1.165) is 18.7 Å². The summed E-state index contributed by atoms with van der Waals surface area (Å²) in [4.78, 5) is 0. The lowest BCUT2D eigenvalue weighted by molar-refractivity contribution is 0.483. The van der Waals surface area contributed by atoms with Crippen LogP contribution in [0, 0.1) is 11.6 Å². The van der Waals surface area contributed by atoms with Gasteiger partial charge in [-0.25, -0.2) is 8.78 Å². The monoisotopic (exact) mass is 332 g/mol. The van der Waals surface area contributed by atoms with Gasteiger partial charge in [0, 0.05) is 10.5 Å². The third kappa shape index (κ3) is 3.48. The summed E-state index contributed by atoms with van der Waals surface area (Å²) in [5, 5.41) is 13.1. The van der Waals surface area contributed by atoms with Crippen molar-refractivity contribution in [3.8, 4) is 0 Å². The minimum Gasteiger partial charge on any atom is -0.406 e. The molecule has 1 aromatic heterocycles. The van der Waals surface area contributed by atoms with Gasteiger partial charge < -0.3 is 15.1 Å². The topological polar surface area (TPSA) is 63.0 Å². The summed E-state index contributed by atoms with van der Waals surface area (Å²) in [6, 6.07) is 1.95. The minimum absolute atomic E-state index is 0.0408. The Morgan fingerprint density at radius 1 is 1.32 bits per heavy atom. The molecule has 0 unspecified atom stereocenters. The SMILES string of the molecule is CCNCc1nnc(Nc2c(F)cc(F)cc2Br)o1. The van der Waals surface area contributed by atoms with Gasteiger partial charge in [-0.1, -0.05) is 12.0 Å². The van der Waals surface area contributed by atoms with Gasteiger partial charge >= 0.3 is 6.01 Å². The molecule has 2 N–H and O–H groups in total. The fourth-order valence-corrected chi connectivity index (χ4v) is 1.88. The fraction of sp³-hybridized carbons (Fsp3) is 0.273. The number of hydrogen-bond acceptors (Lipinski definition) is 5.